The molecule has 4 unspecified atom stereocenters. The first-order valence-corrected chi connectivity index (χ1v) is 13.0. The average molecular weight is 466 g/mol. The van der Waals surface area contributed by atoms with E-state index in [1.807, 2.05) is 18.2 Å². The van der Waals surface area contributed by atoms with E-state index in [9.17, 15) is 9.59 Å². The number of piperidine rings is 1. The number of amides is 1. The van der Waals surface area contributed by atoms with Gasteiger partial charge in [0.2, 0.25) is 5.91 Å². The lowest BCUT2D eigenvalue weighted by Crippen LogP contribution is -2.57. The first kappa shape index (κ1) is 22.7. The lowest BCUT2D eigenvalue weighted by atomic mass is 9.50. The van der Waals surface area contributed by atoms with Crippen molar-refractivity contribution in [3.63, 3.8) is 0 Å². The summed E-state index contributed by atoms with van der Waals surface area (Å²) in [6, 6.07) is 3.85. The Morgan fingerprint density at radius 1 is 1.24 bits per heavy atom. The van der Waals surface area contributed by atoms with Crippen molar-refractivity contribution in [2.75, 3.05) is 6.54 Å². The topological polar surface area (TPSA) is 71.1 Å². The zero-order valence-corrected chi connectivity index (χ0v) is 20.8. The smallest absolute Gasteiger partial charge is 0.228 e. The summed E-state index contributed by atoms with van der Waals surface area (Å²) in [5.74, 6) is 1.99. The van der Waals surface area contributed by atoms with Crippen LogP contribution < -0.4 is 10.6 Å². The largest absolute Gasteiger partial charge is 0.387 e. The molecule has 1 aromatic heterocycles. The number of nitrogens with one attached hydrogen (secondary N) is 2. The second-order valence-electron chi connectivity index (χ2n) is 11.1. The summed E-state index contributed by atoms with van der Waals surface area (Å²) >= 11 is 5.60. The molecule has 2 N–H and O–H groups in total. The van der Waals surface area contributed by atoms with Crippen molar-refractivity contribution in [2.24, 2.45) is 34.5 Å². The van der Waals surface area contributed by atoms with Gasteiger partial charge in [0.15, 0.2) is 5.78 Å². The van der Waals surface area contributed by atoms with Crippen LogP contribution >= 0.6 is 12.2 Å². The summed E-state index contributed by atoms with van der Waals surface area (Å²) in [5, 5.41) is 6.72. The summed E-state index contributed by atoms with van der Waals surface area (Å²) in [4.78, 5) is 30.3. The number of aryl methyl sites for hydroxylation is 1. The van der Waals surface area contributed by atoms with E-state index in [4.69, 9.17) is 12.2 Å². The Bertz CT molecular complexity index is 1040. The molecule has 176 valence electrons. The molecule has 5 nitrogen and oxygen atoms in total. The van der Waals surface area contributed by atoms with Gasteiger partial charge in [0.25, 0.3) is 0 Å². The summed E-state index contributed by atoms with van der Waals surface area (Å²) in [6.07, 6.45) is 10.3. The number of rotatable bonds is 3. The van der Waals surface area contributed by atoms with Crippen molar-refractivity contribution in [1.29, 1.82) is 0 Å². The summed E-state index contributed by atoms with van der Waals surface area (Å²) < 4.78 is 0. The van der Waals surface area contributed by atoms with E-state index >= 15 is 0 Å². The molecule has 5 rings (SSSR count). The van der Waals surface area contributed by atoms with E-state index in [1.54, 1.807) is 6.20 Å². The van der Waals surface area contributed by atoms with Crippen molar-refractivity contribution in [1.82, 2.24) is 15.6 Å². The lowest BCUT2D eigenvalue weighted by molar-refractivity contribution is -0.131. The van der Waals surface area contributed by atoms with E-state index in [1.165, 1.54) is 0 Å². The molecule has 1 aliphatic heterocycles. The monoisotopic (exact) mass is 465 g/mol. The van der Waals surface area contributed by atoms with Gasteiger partial charge in [-0.3, -0.25) is 14.6 Å². The molecule has 3 aliphatic carbocycles. The number of pyridine rings is 1. The highest BCUT2D eigenvalue weighted by Gasteiger charge is 2.60. The molecular weight excluding hydrogens is 430 g/mol. The predicted octanol–water partition coefficient (Wildman–Crippen LogP) is 4.35. The maximum atomic E-state index is 13.5. The van der Waals surface area contributed by atoms with Crippen LogP contribution in [0.15, 0.2) is 30.1 Å². The van der Waals surface area contributed by atoms with Crippen molar-refractivity contribution >= 4 is 28.9 Å². The lowest BCUT2D eigenvalue weighted by Gasteiger charge is -2.58. The van der Waals surface area contributed by atoms with Crippen LogP contribution in [-0.4, -0.2) is 28.2 Å². The highest BCUT2D eigenvalue weighted by atomic mass is 32.1. The number of thiocarbonyl (C=S) groups is 1. The minimum absolute atomic E-state index is 0.00255. The predicted molar refractivity (Wildman–Crippen MR) is 132 cm³/mol. The van der Waals surface area contributed by atoms with Gasteiger partial charge in [0.05, 0.1) is 0 Å². The number of allylic oxidation sites excluding steroid dienone is 2. The molecule has 3 fully saturated rings. The van der Waals surface area contributed by atoms with Crippen LogP contribution in [-0.2, 0) is 16.0 Å². The number of hydrogen-bond acceptors (Lipinski definition) is 5. The van der Waals surface area contributed by atoms with E-state index in [2.05, 4.69) is 36.4 Å². The van der Waals surface area contributed by atoms with Gasteiger partial charge in [-0.2, -0.15) is 0 Å². The molecule has 6 heteroatoms. The van der Waals surface area contributed by atoms with Gasteiger partial charge >= 0.3 is 0 Å². The Balaban J connectivity index is 1.33. The van der Waals surface area contributed by atoms with Crippen molar-refractivity contribution in [3.05, 3.63) is 41.4 Å². The molecule has 1 amide bonds. The summed E-state index contributed by atoms with van der Waals surface area (Å²) in [5.41, 5.74) is 3.07. The first-order valence-electron chi connectivity index (χ1n) is 12.6. The molecule has 2 heterocycles. The van der Waals surface area contributed by atoms with Gasteiger partial charge in [-0.05, 0) is 73.8 Å². The number of fused-ring (bicyclic) bond motifs is 5. The Morgan fingerprint density at radius 2 is 2.06 bits per heavy atom. The number of ketones is 1. The number of hydrogen-bond donors (Lipinski definition) is 2. The van der Waals surface area contributed by atoms with Gasteiger partial charge in [0.1, 0.15) is 4.99 Å². The normalized spacial score (nSPS) is 37.2. The van der Waals surface area contributed by atoms with Gasteiger partial charge < -0.3 is 10.6 Å². The molecule has 33 heavy (non-hydrogen) atoms. The Morgan fingerprint density at radius 3 is 2.85 bits per heavy atom. The van der Waals surface area contributed by atoms with E-state index < -0.39 is 0 Å². The summed E-state index contributed by atoms with van der Waals surface area (Å²) in [6.45, 7) is 7.68. The van der Waals surface area contributed by atoms with Crippen LogP contribution in [0.5, 0.6) is 0 Å². The minimum atomic E-state index is -0.00781. The van der Waals surface area contributed by atoms with Crippen LogP contribution in [0.2, 0.25) is 0 Å². The fourth-order valence-electron chi connectivity index (χ4n) is 7.66. The number of carbonyl (C=O) groups is 2. The Kier molecular flexibility index (Phi) is 5.71. The first-order chi connectivity index (χ1) is 15.8. The number of carbonyl (C=O) groups excluding carboxylic acids is 2. The Labute approximate surface area is 202 Å². The molecule has 1 saturated heterocycles. The van der Waals surface area contributed by atoms with Gasteiger partial charge in [-0.1, -0.05) is 33.0 Å². The summed E-state index contributed by atoms with van der Waals surface area (Å²) in [7, 11) is 0. The van der Waals surface area contributed by atoms with Crippen LogP contribution in [0, 0.1) is 34.5 Å². The second kappa shape index (κ2) is 8.30. The molecule has 1 aromatic rings. The second-order valence-corrected chi connectivity index (χ2v) is 11.5. The third-order valence-corrected chi connectivity index (χ3v) is 9.93. The molecule has 0 spiro atoms. The maximum Gasteiger partial charge on any atom is 0.228 e. The highest BCUT2D eigenvalue weighted by Crippen LogP contribution is 2.64. The molecule has 0 radical (unpaired) electrons. The quantitative estimate of drug-likeness (QED) is 0.650. The van der Waals surface area contributed by atoms with Gasteiger partial charge in [-0.25, -0.2) is 0 Å². The van der Waals surface area contributed by atoms with Crippen LogP contribution in [0.1, 0.15) is 70.6 Å². The van der Waals surface area contributed by atoms with Crippen molar-refractivity contribution in [2.45, 2.75) is 65.7 Å². The minimum Gasteiger partial charge on any atom is -0.387 e. The molecule has 6 atom stereocenters. The maximum absolute atomic E-state index is 13.5. The third-order valence-electron chi connectivity index (χ3n) is 9.59. The standard InChI is InChI=1S/C27H35N3O2S/c1-4-17-13-16(9-12-28-17)25(33)30-24(32)22-6-5-20-19-15-29-23-14-18(31)7-10-27(23,3)21(19)8-11-26(20,22)2/h9,12-14,19-22,29H,4-8,10-11,15H2,1-3H3,(H,30,32,33)/t19?,20?,21?,22?,26-,27+/m0/s1. The van der Waals surface area contributed by atoms with Crippen molar-refractivity contribution < 1.29 is 9.59 Å². The Hall–Kier alpha value is -2.08. The SMILES string of the molecule is CCc1cc(C(=S)NC(=O)C2CCC3C4CNC5=CC(=O)CC[C@]5(C)C4CC[C@]23C)ccn1. The van der Waals surface area contributed by atoms with Crippen LogP contribution in [0.3, 0.4) is 0 Å². The van der Waals surface area contributed by atoms with Crippen LogP contribution in [0.25, 0.3) is 0 Å². The van der Waals surface area contributed by atoms with Gasteiger partial charge in [0, 0.05) is 53.5 Å². The third kappa shape index (κ3) is 3.65. The highest BCUT2D eigenvalue weighted by molar-refractivity contribution is 7.80. The number of aromatic nitrogens is 1. The van der Waals surface area contributed by atoms with Gasteiger partial charge in [-0.15, -0.1) is 0 Å². The van der Waals surface area contributed by atoms with Crippen molar-refractivity contribution in [3.8, 4) is 0 Å². The molecule has 0 bridgehead atoms. The fourth-order valence-corrected chi connectivity index (χ4v) is 7.89. The molecule has 4 aliphatic rings. The zero-order valence-electron chi connectivity index (χ0n) is 19.9. The van der Waals surface area contributed by atoms with E-state index in [-0.39, 0.29) is 28.4 Å². The number of nitrogens with zero attached hydrogens (tertiary/aromatic N) is 1. The average Bonchev–Trinajstić information content (AvgIpc) is 3.17. The van der Waals surface area contributed by atoms with Crippen LogP contribution in [0.4, 0.5) is 0 Å². The molecule has 0 aromatic carbocycles. The molecular formula is C27H35N3O2S. The zero-order chi connectivity index (χ0) is 23.4. The fraction of sp³-hybridized carbons (Fsp3) is 0.630. The van der Waals surface area contributed by atoms with E-state index in [0.29, 0.717) is 29.2 Å². The molecule has 2 saturated carbocycles. The van der Waals surface area contributed by atoms with E-state index in [0.717, 1.165) is 62.0 Å².